The Kier molecular flexibility index (Phi) is 6.27. The van der Waals surface area contributed by atoms with Crippen molar-refractivity contribution < 1.29 is 4.42 Å². The van der Waals surface area contributed by atoms with Crippen LogP contribution in [0.3, 0.4) is 0 Å². The van der Waals surface area contributed by atoms with Gasteiger partial charge >= 0.3 is 0 Å². The van der Waals surface area contributed by atoms with E-state index in [1.54, 1.807) is 0 Å². The second-order valence-electron chi connectivity index (χ2n) is 6.65. The van der Waals surface area contributed by atoms with Crippen LogP contribution in [0.2, 0.25) is 0 Å². The normalized spacial score (nSPS) is 10.2. The van der Waals surface area contributed by atoms with Gasteiger partial charge in [0.2, 0.25) is 0 Å². The molecular formula is C26H26O. The highest BCUT2D eigenvalue weighted by molar-refractivity contribution is 6.04. The lowest BCUT2D eigenvalue weighted by Gasteiger charge is -1.96. The average molecular weight is 354 g/mol. The highest BCUT2D eigenvalue weighted by Crippen LogP contribution is 2.27. The molecule has 27 heavy (non-hydrogen) atoms. The molecular weight excluding hydrogens is 328 g/mol. The van der Waals surface area contributed by atoms with Crippen LogP contribution in [0, 0.1) is 6.92 Å². The third-order valence-electron chi connectivity index (χ3n) is 4.19. The van der Waals surface area contributed by atoms with Crippen LogP contribution < -0.4 is 0 Å². The number of benzene rings is 4. The van der Waals surface area contributed by atoms with E-state index < -0.39 is 0 Å². The predicted molar refractivity (Wildman–Crippen MR) is 118 cm³/mol. The van der Waals surface area contributed by atoms with Crippen molar-refractivity contribution in [1.29, 1.82) is 0 Å². The van der Waals surface area contributed by atoms with Crippen LogP contribution in [-0.4, -0.2) is 0 Å². The summed E-state index contributed by atoms with van der Waals surface area (Å²) in [7, 11) is 0. The maximum atomic E-state index is 5.65. The van der Waals surface area contributed by atoms with Gasteiger partial charge in [-0.2, -0.15) is 0 Å². The molecule has 0 fully saturated rings. The third kappa shape index (κ3) is 4.57. The average Bonchev–Trinajstić information content (AvgIpc) is 3.08. The molecule has 4 aromatic carbocycles. The number of para-hydroxylation sites is 2. The largest absolute Gasteiger partial charge is 0.456 e. The number of rotatable bonds is 0. The smallest absolute Gasteiger partial charge is 0.135 e. The minimum atomic E-state index is 0.962. The van der Waals surface area contributed by atoms with Crippen LogP contribution in [0.5, 0.6) is 0 Å². The van der Waals surface area contributed by atoms with Crippen LogP contribution >= 0.6 is 0 Å². The Hall–Kier alpha value is -3.06. The van der Waals surface area contributed by atoms with E-state index in [4.69, 9.17) is 4.42 Å². The Balaban J connectivity index is 0.000000138. The summed E-state index contributed by atoms with van der Waals surface area (Å²) in [5.41, 5.74) is 3.25. The number of furan rings is 1. The summed E-state index contributed by atoms with van der Waals surface area (Å²) in [6, 6.07) is 31.1. The van der Waals surface area contributed by atoms with E-state index in [9.17, 15) is 0 Å². The quantitative estimate of drug-likeness (QED) is 0.273. The van der Waals surface area contributed by atoms with Crippen molar-refractivity contribution >= 4 is 32.7 Å². The Morgan fingerprint density at radius 2 is 1.07 bits per heavy atom. The third-order valence-corrected chi connectivity index (χ3v) is 4.19. The summed E-state index contributed by atoms with van der Waals surface area (Å²) >= 11 is 0. The van der Waals surface area contributed by atoms with E-state index in [0.717, 1.165) is 11.2 Å². The minimum absolute atomic E-state index is 0.962. The fourth-order valence-electron chi connectivity index (χ4n) is 2.98. The standard InChI is InChI=1S/C12H8O.C11H10.C3H8/c1-3-7-11-9(5-1)10-6-2-4-8-12(10)13-11;1-9-6-7-10-4-2-3-5-11(10)8-9;1-3-2/h1-8H;2-8H,1H3;3H2,1-2H3. The highest BCUT2D eigenvalue weighted by atomic mass is 16.3. The van der Waals surface area contributed by atoms with Crippen molar-refractivity contribution in [2.24, 2.45) is 0 Å². The molecule has 0 saturated heterocycles. The molecule has 0 saturated carbocycles. The Bertz CT molecular complexity index is 1080. The summed E-state index contributed by atoms with van der Waals surface area (Å²) in [5.74, 6) is 0. The first-order chi connectivity index (χ1) is 13.2. The van der Waals surface area contributed by atoms with E-state index in [-0.39, 0.29) is 0 Å². The van der Waals surface area contributed by atoms with Gasteiger partial charge in [-0.05, 0) is 29.8 Å². The molecule has 0 bridgehead atoms. The summed E-state index contributed by atoms with van der Waals surface area (Å²) in [4.78, 5) is 0. The summed E-state index contributed by atoms with van der Waals surface area (Å²) in [5, 5.41) is 5.03. The van der Waals surface area contributed by atoms with Crippen LogP contribution in [-0.2, 0) is 0 Å². The number of hydrogen-bond donors (Lipinski definition) is 0. The lowest BCUT2D eigenvalue weighted by molar-refractivity contribution is 0.669. The lowest BCUT2D eigenvalue weighted by atomic mass is 10.1. The van der Waals surface area contributed by atoms with Crippen LogP contribution in [0.1, 0.15) is 25.8 Å². The summed E-state index contributed by atoms with van der Waals surface area (Å²) < 4.78 is 5.65. The molecule has 0 N–H and O–H groups in total. The fourth-order valence-corrected chi connectivity index (χ4v) is 2.98. The second kappa shape index (κ2) is 9.05. The Morgan fingerprint density at radius 3 is 1.67 bits per heavy atom. The highest BCUT2D eigenvalue weighted by Gasteiger charge is 2.03. The molecule has 5 rings (SSSR count). The zero-order valence-corrected chi connectivity index (χ0v) is 16.3. The maximum absolute atomic E-state index is 5.65. The molecule has 0 unspecified atom stereocenters. The van der Waals surface area contributed by atoms with E-state index in [2.05, 4.69) is 75.4 Å². The molecule has 1 aromatic heterocycles. The summed E-state index contributed by atoms with van der Waals surface area (Å²) in [6.45, 7) is 6.37. The van der Waals surface area contributed by atoms with Crippen molar-refractivity contribution in [2.45, 2.75) is 27.2 Å². The van der Waals surface area contributed by atoms with Gasteiger partial charge in [-0.15, -0.1) is 0 Å². The first kappa shape index (κ1) is 18.7. The van der Waals surface area contributed by atoms with Gasteiger partial charge in [0.1, 0.15) is 11.2 Å². The van der Waals surface area contributed by atoms with Gasteiger partial charge in [0.25, 0.3) is 0 Å². The molecule has 136 valence electrons. The topological polar surface area (TPSA) is 13.1 Å². The van der Waals surface area contributed by atoms with Gasteiger partial charge in [0.05, 0.1) is 0 Å². The van der Waals surface area contributed by atoms with Crippen molar-refractivity contribution in [1.82, 2.24) is 0 Å². The molecule has 0 spiro atoms. The molecule has 0 aliphatic carbocycles. The van der Waals surface area contributed by atoms with E-state index in [1.165, 1.54) is 33.5 Å². The molecule has 0 aliphatic rings. The molecule has 0 atom stereocenters. The van der Waals surface area contributed by atoms with E-state index in [0.29, 0.717) is 0 Å². The van der Waals surface area contributed by atoms with Crippen molar-refractivity contribution in [3.63, 3.8) is 0 Å². The van der Waals surface area contributed by atoms with E-state index in [1.807, 2.05) is 36.4 Å². The van der Waals surface area contributed by atoms with Gasteiger partial charge in [-0.3, -0.25) is 0 Å². The zero-order chi connectivity index (χ0) is 19.1. The van der Waals surface area contributed by atoms with Gasteiger partial charge < -0.3 is 4.42 Å². The number of fused-ring (bicyclic) bond motifs is 4. The zero-order valence-electron chi connectivity index (χ0n) is 16.3. The maximum Gasteiger partial charge on any atom is 0.135 e. The Morgan fingerprint density at radius 1 is 0.593 bits per heavy atom. The molecule has 0 radical (unpaired) electrons. The Labute approximate surface area is 161 Å². The predicted octanol–water partition coefficient (Wildman–Crippen LogP) is 8.15. The fraction of sp³-hybridized carbons (Fsp3) is 0.154. The monoisotopic (exact) mass is 354 g/mol. The molecule has 1 nitrogen and oxygen atoms in total. The summed E-state index contributed by atoms with van der Waals surface area (Å²) in [6.07, 6.45) is 1.25. The van der Waals surface area contributed by atoms with Gasteiger partial charge in [0.15, 0.2) is 0 Å². The number of hydrogen-bond acceptors (Lipinski definition) is 1. The molecule has 5 aromatic rings. The van der Waals surface area contributed by atoms with Crippen molar-refractivity contribution in [3.8, 4) is 0 Å². The first-order valence-electron chi connectivity index (χ1n) is 9.54. The molecule has 0 amide bonds. The molecule has 1 heterocycles. The molecule has 1 heteroatoms. The molecule has 0 aliphatic heterocycles. The van der Waals surface area contributed by atoms with Crippen LogP contribution in [0.4, 0.5) is 0 Å². The van der Waals surface area contributed by atoms with Crippen molar-refractivity contribution in [2.75, 3.05) is 0 Å². The van der Waals surface area contributed by atoms with Crippen molar-refractivity contribution in [3.05, 3.63) is 96.6 Å². The van der Waals surface area contributed by atoms with Gasteiger partial charge in [-0.25, -0.2) is 0 Å². The van der Waals surface area contributed by atoms with E-state index >= 15 is 0 Å². The SMILES string of the molecule is CCC.Cc1ccc2ccccc2c1.c1ccc2c(c1)oc1ccccc12. The second-order valence-corrected chi connectivity index (χ2v) is 6.65. The van der Waals surface area contributed by atoms with Crippen LogP contribution in [0.15, 0.2) is 95.4 Å². The number of aryl methyl sites for hydroxylation is 1. The lowest BCUT2D eigenvalue weighted by Crippen LogP contribution is -1.73. The van der Waals surface area contributed by atoms with Crippen LogP contribution in [0.25, 0.3) is 32.7 Å². The minimum Gasteiger partial charge on any atom is -0.456 e. The van der Waals surface area contributed by atoms with Gasteiger partial charge in [0, 0.05) is 10.8 Å². The van der Waals surface area contributed by atoms with Gasteiger partial charge in [-0.1, -0.05) is 105 Å². The first-order valence-corrected chi connectivity index (χ1v) is 9.54.